The van der Waals surface area contributed by atoms with E-state index in [9.17, 15) is 0 Å². The normalized spacial score (nSPS) is 12.5. The maximum atomic E-state index is 5.99. The van der Waals surface area contributed by atoms with Gasteiger partial charge in [-0.25, -0.2) is 9.97 Å². The zero-order valence-electron chi connectivity index (χ0n) is 12.0. The second-order valence-corrected chi connectivity index (χ2v) is 5.33. The van der Waals surface area contributed by atoms with Gasteiger partial charge in [-0.1, -0.05) is 18.5 Å². The van der Waals surface area contributed by atoms with Crippen LogP contribution in [0.5, 0.6) is 5.75 Å². The molecule has 2 heterocycles. The Balaban J connectivity index is 1.92. The van der Waals surface area contributed by atoms with Crippen LogP contribution in [-0.4, -0.2) is 19.9 Å². The smallest absolute Gasteiger partial charge is 0.234 e. The van der Waals surface area contributed by atoms with Crippen molar-refractivity contribution in [1.82, 2.24) is 14.4 Å². The van der Waals surface area contributed by atoms with Gasteiger partial charge in [0, 0.05) is 17.5 Å². The Morgan fingerprint density at radius 2 is 2.00 bits per heavy atom. The largest absolute Gasteiger partial charge is 0.475 e. The number of aryl methyl sites for hydroxylation is 1. The van der Waals surface area contributed by atoms with E-state index >= 15 is 0 Å². The summed E-state index contributed by atoms with van der Waals surface area (Å²) in [5.74, 6) is 1.47. The summed E-state index contributed by atoms with van der Waals surface area (Å²) in [4.78, 5) is 8.74. The number of fused-ring (bicyclic) bond motifs is 1. The van der Waals surface area contributed by atoms with Crippen molar-refractivity contribution in [2.75, 3.05) is 0 Å². The van der Waals surface area contributed by atoms with Gasteiger partial charge >= 0.3 is 0 Å². The lowest BCUT2D eigenvalue weighted by molar-refractivity contribution is 0.277. The summed E-state index contributed by atoms with van der Waals surface area (Å²) in [6, 6.07) is 9.80. The van der Waals surface area contributed by atoms with Gasteiger partial charge in [-0.3, -0.25) is 4.40 Å². The molecule has 0 saturated carbocycles. The highest BCUT2D eigenvalue weighted by molar-refractivity contribution is 6.19. The molecule has 0 aliphatic heterocycles. The number of alkyl halides is 1. The summed E-state index contributed by atoms with van der Waals surface area (Å²) in [5.41, 5.74) is 2.72. The maximum Gasteiger partial charge on any atom is 0.234 e. The molecule has 0 saturated heterocycles. The van der Waals surface area contributed by atoms with E-state index in [1.54, 1.807) is 0 Å². The topological polar surface area (TPSA) is 39.4 Å². The van der Waals surface area contributed by atoms with Crippen LogP contribution >= 0.6 is 11.6 Å². The van der Waals surface area contributed by atoms with Gasteiger partial charge in [-0.2, -0.15) is 0 Å². The van der Waals surface area contributed by atoms with Crippen LogP contribution in [0.2, 0.25) is 0 Å². The molecule has 0 spiro atoms. The Labute approximate surface area is 128 Å². The summed E-state index contributed by atoms with van der Waals surface area (Å²) >= 11 is 5.99. The van der Waals surface area contributed by atoms with E-state index in [0.29, 0.717) is 5.78 Å². The lowest BCUT2D eigenvalue weighted by Crippen LogP contribution is -2.06. The predicted molar refractivity (Wildman–Crippen MR) is 83.7 cm³/mol. The lowest BCUT2D eigenvalue weighted by Gasteiger charge is -2.10. The number of aromatic nitrogens is 3. The van der Waals surface area contributed by atoms with Gasteiger partial charge < -0.3 is 4.74 Å². The molecule has 1 aromatic carbocycles. The van der Waals surface area contributed by atoms with E-state index < -0.39 is 0 Å². The molecule has 0 amide bonds. The molecule has 0 aliphatic carbocycles. The highest BCUT2D eigenvalue weighted by atomic mass is 35.5. The molecule has 1 atom stereocenters. The Morgan fingerprint density at radius 1 is 1.24 bits per heavy atom. The first-order chi connectivity index (χ1) is 10.2. The molecule has 3 rings (SSSR count). The fraction of sp³-hybridized carbons (Fsp3) is 0.250. The first-order valence-corrected chi connectivity index (χ1v) is 7.33. The minimum Gasteiger partial charge on any atom is -0.475 e. The van der Waals surface area contributed by atoms with E-state index in [-0.39, 0.29) is 5.56 Å². The van der Waals surface area contributed by atoms with Gasteiger partial charge in [0.1, 0.15) is 5.75 Å². The van der Waals surface area contributed by atoms with E-state index in [2.05, 4.69) is 9.97 Å². The van der Waals surface area contributed by atoms with Crippen molar-refractivity contribution in [3.8, 4) is 17.0 Å². The zero-order chi connectivity index (χ0) is 14.8. The SMILES string of the molecule is CCC(Cl)Oc1ccc(-c2cnc3nc(C)ccn23)cc1. The molecule has 3 aromatic rings. The number of hydrogen-bond donors (Lipinski definition) is 0. The lowest BCUT2D eigenvalue weighted by atomic mass is 10.1. The van der Waals surface area contributed by atoms with Crippen LogP contribution < -0.4 is 4.74 Å². The van der Waals surface area contributed by atoms with Gasteiger partial charge in [-0.15, -0.1) is 0 Å². The van der Waals surface area contributed by atoms with Crippen molar-refractivity contribution < 1.29 is 4.74 Å². The van der Waals surface area contributed by atoms with Crippen LogP contribution in [0.25, 0.3) is 17.0 Å². The number of hydrogen-bond acceptors (Lipinski definition) is 3. The van der Waals surface area contributed by atoms with Gasteiger partial charge in [-0.05, 0) is 43.7 Å². The van der Waals surface area contributed by atoms with Crippen LogP contribution in [0.3, 0.4) is 0 Å². The Bertz CT molecular complexity index is 752. The van der Waals surface area contributed by atoms with Crippen LogP contribution in [0, 0.1) is 6.92 Å². The van der Waals surface area contributed by atoms with Crippen LogP contribution in [0.15, 0.2) is 42.7 Å². The van der Waals surface area contributed by atoms with Gasteiger partial charge in [0.05, 0.1) is 11.9 Å². The molecular weight excluding hydrogens is 286 g/mol. The summed E-state index contributed by atoms with van der Waals surface area (Å²) in [6.07, 6.45) is 4.58. The van der Waals surface area contributed by atoms with Crippen molar-refractivity contribution in [2.45, 2.75) is 25.8 Å². The standard InChI is InChI=1S/C16H16ClN3O/c1-3-15(17)21-13-6-4-12(5-7-13)14-10-18-16-19-11(2)8-9-20(14)16/h4-10,15H,3H2,1-2H3. The number of ether oxygens (including phenoxy) is 1. The molecule has 0 fully saturated rings. The monoisotopic (exact) mass is 301 g/mol. The molecule has 0 radical (unpaired) electrons. The van der Waals surface area contributed by atoms with E-state index in [1.807, 2.05) is 61.0 Å². The number of nitrogens with zero attached hydrogens (tertiary/aromatic N) is 3. The van der Waals surface area contributed by atoms with Crippen molar-refractivity contribution in [1.29, 1.82) is 0 Å². The van der Waals surface area contributed by atoms with Gasteiger partial charge in [0.25, 0.3) is 0 Å². The Kier molecular flexibility index (Phi) is 3.80. The molecule has 0 N–H and O–H groups in total. The van der Waals surface area contributed by atoms with Crippen molar-refractivity contribution >= 4 is 17.4 Å². The van der Waals surface area contributed by atoms with E-state index in [4.69, 9.17) is 16.3 Å². The van der Waals surface area contributed by atoms with Crippen molar-refractivity contribution in [3.63, 3.8) is 0 Å². The predicted octanol–water partition coefficient (Wildman–Crippen LogP) is 4.06. The molecule has 1 unspecified atom stereocenters. The quantitative estimate of drug-likeness (QED) is 0.682. The van der Waals surface area contributed by atoms with Crippen LogP contribution in [-0.2, 0) is 0 Å². The van der Waals surface area contributed by atoms with Crippen LogP contribution in [0.1, 0.15) is 19.0 Å². The number of benzene rings is 1. The minimum absolute atomic E-state index is 0.293. The van der Waals surface area contributed by atoms with Crippen molar-refractivity contribution in [3.05, 3.63) is 48.4 Å². The van der Waals surface area contributed by atoms with Crippen LogP contribution in [0.4, 0.5) is 0 Å². The molecule has 4 nitrogen and oxygen atoms in total. The Morgan fingerprint density at radius 3 is 2.71 bits per heavy atom. The average Bonchev–Trinajstić information content (AvgIpc) is 2.90. The molecular formula is C16H16ClN3O. The molecule has 0 aliphatic rings. The second kappa shape index (κ2) is 5.74. The second-order valence-electron chi connectivity index (χ2n) is 4.84. The highest BCUT2D eigenvalue weighted by Crippen LogP contribution is 2.24. The highest BCUT2D eigenvalue weighted by Gasteiger charge is 2.08. The third kappa shape index (κ3) is 2.85. The van der Waals surface area contributed by atoms with Gasteiger partial charge in [0.15, 0.2) is 5.56 Å². The first kappa shape index (κ1) is 13.9. The van der Waals surface area contributed by atoms with Crippen molar-refractivity contribution in [2.24, 2.45) is 0 Å². The van der Waals surface area contributed by atoms with Gasteiger partial charge in [0.2, 0.25) is 5.78 Å². The van der Waals surface area contributed by atoms with E-state index in [0.717, 1.165) is 29.1 Å². The summed E-state index contributed by atoms with van der Waals surface area (Å²) < 4.78 is 7.54. The summed E-state index contributed by atoms with van der Waals surface area (Å²) in [7, 11) is 0. The van der Waals surface area contributed by atoms with E-state index in [1.165, 1.54) is 0 Å². The molecule has 5 heteroatoms. The molecule has 108 valence electrons. The third-order valence-electron chi connectivity index (χ3n) is 3.25. The molecule has 2 aromatic heterocycles. The maximum absolute atomic E-state index is 5.99. The Hall–Kier alpha value is -2.07. The summed E-state index contributed by atoms with van der Waals surface area (Å²) in [5, 5.41) is 0. The number of halogens is 1. The first-order valence-electron chi connectivity index (χ1n) is 6.89. The summed E-state index contributed by atoms with van der Waals surface area (Å²) in [6.45, 7) is 3.94. The molecule has 0 bridgehead atoms. The zero-order valence-corrected chi connectivity index (χ0v) is 12.7. The number of imidazole rings is 1. The molecule has 21 heavy (non-hydrogen) atoms. The fourth-order valence-corrected chi connectivity index (χ4v) is 2.21. The fourth-order valence-electron chi connectivity index (χ4n) is 2.11. The average molecular weight is 302 g/mol. The number of rotatable bonds is 4. The minimum atomic E-state index is -0.293. The third-order valence-corrected chi connectivity index (χ3v) is 3.65.